The summed E-state index contributed by atoms with van der Waals surface area (Å²) in [4.78, 5) is 130. The molecular weight excluding hydrogens is 2290 g/mol. The van der Waals surface area contributed by atoms with E-state index < -0.39 is 230 Å². The van der Waals surface area contributed by atoms with Gasteiger partial charge in [-0.1, -0.05) is 0 Å². The first kappa shape index (κ1) is 88.0. The lowest BCUT2D eigenvalue weighted by molar-refractivity contribution is -0.119. The van der Waals surface area contributed by atoms with Gasteiger partial charge in [0.2, 0.25) is 17.7 Å². The minimum atomic E-state index is -2.67. The summed E-state index contributed by atoms with van der Waals surface area (Å²) >= 11 is 14.7. The summed E-state index contributed by atoms with van der Waals surface area (Å²) in [5.41, 5.74) is -5.74. The van der Waals surface area contributed by atoms with E-state index in [1.54, 1.807) is 203 Å². The SMILES string of the molecule is O=C(CO)Nc1c(I)c(C(=O)NCC(O)(CNC(=O)c2c(I)c(NC(=O)CO)c(I)c(C(=O)N(CC(O)CO)CC(O)CO)c2I)CNC(=O)c2c(I)c(NC(=O)CO)c(I)c(C(=O)N(CC(O)CO)CC(O)CO)c2I)c(I)c(C(=O)N(CC(O)CO)CC(O)CO)c1I. The van der Waals surface area contributed by atoms with Gasteiger partial charge in [0.25, 0.3) is 35.4 Å². The molecule has 9 amide bonds. The van der Waals surface area contributed by atoms with Crippen molar-refractivity contribution >= 4 is 274 Å². The molecule has 34 nitrogen and oxygen atoms in total. The summed E-state index contributed by atoms with van der Waals surface area (Å²) in [5.74, 6) is -9.71. The van der Waals surface area contributed by atoms with Crippen molar-refractivity contribution in [3.63, 3.8) is 0 Å². The summed E-state index contributed by atoms with van der Waals surface area (Å²) < 4.78 is -1.05. The van der Waals surface area contributed by atoms with Crippen molar-refractivity contribution in [1.82, 2.24) is 30.7 Å². The Morgan fingerprint density at radius 2 is 0.495 bits per heavy atom. The zero-order valence-corrected chi connectivity index (χ0v) is 68.2. The van der Waals surface area contributed by atoms with E-state index in [1.165, 1.54) is 0 Å². The number of nitrogens with one attached hydrogen (secondary N) is 6. The van der Waals surface area contributed by atoms with Gasteiger partial charge in [0.05, 0.1) is 168 Å². The molecule has 0 bridgehead atoms. The molecule has 530 valence electrons. The lowest BCUT2D eigenvalue weighted by Crippen LogP contribution is -2.57. The molecule has 0 saturated heterocycles. The molecule has 0 radical (unpaired) electrons. The minimum Gasteiger partial charge on any atom is -0.394 e. The smallest absolute Gasteiger partial charge is 0.256 e. The lowest BCUT2D eigenvalue weighted by Gasteiger charge is -2.31. The van der Waals surface area contributed by atoms with E-state index in [1.807, 2.05) is 0 Å². The van der Waals surface area contributed by atoms with Crippen molar-refractivity contribution in [3.8, 4) is 0 Å². The largest absolute Gasteiger partial charge is 0.394 e. The monoisotopic (exact) mass is 2360 g/mol. The Morgan fingerprint density at radius 1 is 0.316 bits per heavy atom. The van der Waals surface area contributed by atoms with E-state index in [0.717, 1.165) is 14.7 Å². The molecule has 0 fully saturated rings. The summed E-state index contributed by atoms with van der Waals surface area (Å²) in [5, 5.41) is 178. The molecule has 22 N–H and O–H groups in total. The number of rotatable bonds is 36. The van der Waals surface area contributed by atoms with Crippen molar-refractivity contribution in [2.24, 2.45) is 0 Å². The van der Waals surface area contributed by atoms with Gasteiger partial charge in [0, 0.05) is 50.0 Å². The fourth-order valence-corrected chi connectivity index (χ4v) is 21.4. The molecule has 6 unspecified atom stereocenters. The third kappa shape index (κ3) is 23.9. The highest BCUT2D eigenvalue weighted by molar-refractivity contribution is 14.1. The Bertz CT molecular complexity index is 2960. The van der Waals surface area contributed by atoms with Gasteiger partial charge in [-0.2, -0.15) is 0 Å². The van der Waals surface area contributed by atoms with E-state index in [4.69, 9.17) is 0 Å². The van der Waals surface area contributed by atoms with Crippen LogP contribution < -0.4 is 31.9 Å². The lowest BCUT2D eigenvalue weighted by atomic mass is 10.0. The molecule has 0 aliphatic heterocycles. The van der Waals surface area contributed by atoms with Gasteiger partial charge in [-0.3, -0.25) is 43.2 Å². The molecule has 0 heterocycles. The molecular formula is C52H64I9N9O25. The van der Waals surface area contributed by atoms with E-state index in [9.17, 15) is 125 Å². The Balaban J connectivity index is 2.47. The van der Waals surface area contributed by atoms with Crippen LogP contribution in [0.4, 0.5) is 17.1 Å². The maximum Gasteiger partial charge on any atom is 0.256 e. The number of aliphatic hydroxyl groups is 16. The average molecular weight is 2360 g/mol. The Labute approximate surface area is 662 Å². The van der Waals surface area contributed by atoms with Gasteiger partial charge < -0.3 is 128 Å². The van der Waals surface area contributed by atoms with Crippen LogP contribution in [-0.4, -0.2) is 310 Å². The topological polar surface area (TPSA) is 559 Å². The van der Waals surface area contributed by atoms with Crippen molar-refractivity contribution < 1.29 is 125 Å². The molecule has 3 aromatic rings. The summed E-state index contributed by atoms with van der Waals surface area (Å²) in [6.07, 6.45) is -9.63. The molecule has 0 aromatic heterocycles. The zero-order valence-electron chi connectivity index (χ0n) is 48.8. The Morgan fingerprint density at radius 3 is 0.663 bits per heavy atom. The third-order valence-electron chi connectivity index (χ3n) is 12.9. The highest BCUT2D eigenvalue weighted by atomic mass is 127. The third-order valence-corrected chi connectivity index (χ3v) is 22.7. The first-order chi connectivity index (χ1) is 44.5. The molecule has 0 aliphatic carbocycles. The minimum absolute atomic E-state index is 0.0623. The second-order valence-electron chi connectivity index (χ2n) is 20.2. The quantitative estimate of drug-likeness (QED) is 0.0245. The predicted octanol–water partition coefficient (Wildman–Crippen LogP) is -4.31. The molecule has 95 heavy (non-hydrogen) atoms. The highest BCUT2D eigenvalue weighted by Crippen LogP contribution is 2.40. The van der Waals surface area contributed by atoms with Gasteiger partial charge in [0.15, 0.2) is 0 Å². The fourth-order valence-electron chi connectivity index (χ4n) is 8.27. The molecule has 0 spiro atoms. The molecule has 6 atom stereocenters. The van der Waals surface area contributed by atoms with Crippen molar-refractivity contribution in [2.75, 3.05) is 134 Å². The van der Waals surface area contributed by atoms with Gasteiger partial charge in [0.1, 0.15) is 25.4 Å². The van der Waals surface area contributed by atoms with Crippen molar-refractivity contribution in [3.05, 3.63) is 65.5 Å². The molecule has 0 aliphatic rings. The number of halogens is 9. The normalized spacial score (nSPS) is 13.9. The maximum absolute atomic E-state index is 14.9. The standard InChI is InChI=1S/C52H64I9N9O25/c53-34-28(37(56)43(65-25(86)13-77)40(59)31(34)49(92)68(1-19(80)7-71)2-20(81)8-72)46(89)62-16-52(95,17-63-47(90)29-35(54)32(41(60)44(38(29)57)66-26(87)14-78)50(93)69(3-21(82)9-73)4-22(83)10-74)18-64-48(91)30-36(55)33(42(61)45(39(30)58)67-27(88)15-79)51(94)70(5-23(84)11-75)6-24(85)12-76/h19-24,71-85,95H,1-18H2,(H,62,89)(H,63,90)(H,64,91)(H,65,86)(H,66,87)(H,67,88). The Kier molecular flexibility index (Phi) is 38.7. The van der Waals surface area contributed by atoms with Gasteiger partial charge in [-0.25, -0.2) is 0 Å². The molecule has 43 heteroatoms. The second-order valence-corrected chi connectivity index (χ2v) is 29.9. The van der Waals surface area contributed by atoms with Gasteiger partial charge in [-0.15, -0.1) is 0 Å². The zero-order chi connectivity index (χ0) is 72.3. The number of carbonyl (C=O) groups excluding carboxylic acids is 9. The number of aliphatic hydroxyl groups excluding tert-OH is 15. The van der Waals surface area contributed by atoms with Gasteiger partial charge >= 0.3 is 0 Å². The van der Waals surface area contributed by atoms with Crippen molar-refractivity contribution in [2.45, 2.75) is 42.2 Å². The number of benzene rings is 3. The van der Waals surface area contributed by atoms with Crippen LogP contribution in [0.1, 0.15) is 62.1 Å². The number of nitrogens with zero attached hydrogens (tertiary/aromatic N) is 3. The summed E-state index contributed by atoms with van der Waals surface area (Å²) in [7, 11) is 0. The maximum atomic E-state index is 14.9. The van der Waals surface area contributed by atoms with Crippen LogP contribution in [0.5, 0.6) is 0 Å². The number of carbonyl (C=O) groups is 9. The number of anilines is 3. The number of hydrogen-bond donors (Lipinski definition) is 22. The van der Waals surface area contributed by atoms with E-state index in [0.29, 0.717) is 0 Å². The molecule has 3 aromatic carbocycles. The van der Waals surface area contributed by atoms with E-state index in [2.05, 4.69) is 31.9 Å². The van der Waals surface area contributed by atoms with Crippen LogP contribution in [0.2, 0.25) is 0 Å². The number of amides is 9. The van der Waals surface area contributed by atoms with Crippen LogP contribution in [0.15, 0.2) is 0 Å². The molecule has 0 saturated carbocycles. The summed E-state index contributed by atoms with van der Waals surface area (Å²) in [6.45, 7) is -15.5. The second kappa shape index (κ2) is 41.8. The average Bonchev–Trinajstić information content (AvgIpc) is 0.779. The fraction of sp³-hybridized carbons (Fsp3) is 0.481. The van der Waals surface area contributed by atoms with E-state index >= 15 is 0 Å². The van der Waals surface area contributed by atoms with Crippen LogP contribution in [0.25, 0.3) is 0 Å². The van der Waals surface area contributed by atoms with Crippen LogP contribution in [0, 0.1) is 32.1 Å². The predicted molar refractivity (Wildman–Crippen MR) is 409 cm³/mol. The van der Waals surface area contributed by atoms with E-state index in [-0.39, 0.29) is 65.9 Å². The first-order valence-electron chi connectivity index (χ1n) is 27.1. The highest BCUT2D eigenvalue weighted by Gasteiger charge is 2.39. The summed E-state index contributed by atoms with van der Waals surface area (Å²) in [6, 6.07) is 0. The Hall–Kier alpha value is -1.18. The first-order valence-corrected chi connectivity index (χ1v) is 36.8. The number of hydrogen-bond acceptors (Lipinski definition) is 25. The van der Waals surface area contributed by atoms with Gasteiger partial charge in [-0.05, 0) is 203 Å². The van der Waals surface area contributed by atoms with Crippen molar-refractivity contribution in [1.29, 1.82) is 0 Å². The van der Waals surface area contributed by atoms with Crippen LogP contribution in [-0.2, 0) is 14.4 Å². The van der Waals surface area contributed by atoms with Crippen LogP contribution in [0.3, 0.4) is 0 Å². The molecule has 3 rings (SSSR count). The van der Waals surface area contributed by atoms with Crippen LogP contribution >= 0.6 is 203 Å².